The number of rotatable bonds is 14. The van der Waals surface area contributed by atoms with Crippen LogP contribution in [0.5, 0.6) is 23.0 Å². The third-order valence-electron chi connectivity index (χ3n) is 8.50. The molecule has 0 aliphatic heterocycles. The number of carbonyl (C=O) groups is 4. The zero-order valence-electron chi connectivity index (χ0n) is 29.6. The fourth-order valence-corrected chi connectivity index (χ4v) is 8.09. The summed E-state index contributed by atoms with van der Waals surface area (Å²) in [5.41, 5.74) is 2.99. The topological polar surface area (TPSA) is 125 Å². The van der Waals surface area contributed by atoms with Crippen LogP contribution in [-0.4, -0.2) is 49.9 Å². The fraction of sp³-hybridized carbons (Fsp3) is 0.143. The third-order valence-corrected chi connectivity index (χ3v) is 10.9. The van der Waals surface area contributed by atoms with E-state index in [9.17, 15) is 28.7 Å². The molecule has 0 bridgehead atoms. The van der Waals surface area contributed by atoms with Crippen LogP contribution in [0.3, 0.4) is 0 Å². The first kappa shape index (κ1) is 37.6. The van der Waals surface area contributed by atoms with Gasteiger partial charge in [0.1, 0.15) is 28.8 Å². The van der Waals surface area contributed by atoms with Gasteiger partial charge in [-0.3, -0.25) is 19.2 Å². The van der Waals surface area contributed by atoms with E-state index in [-0.39, 0.29) is 28.4 Å². The highest BCUT2D eigenvalue weighted by Gasteiger charge is 2.25. The first-order chi connectivity index (χ1) is 26.0. The molecule has 0 saturated carbocycles. The van der Waals surface area contributed by atoms with Crippen molar-refractivity contribution >= 4 is 46.2 Å². The van der Waals surface area contributed by atoms with Gasteiger partial charge >= 0.3 is 11.9 Å². The highest BCUT2D eigenvalue weighted by atomic mass is 32.1. The van der Waals surface area contributed by atoms with Crippen LogP contribution in [0.1, 0.15) is 47.2 Å². The standard InChI is InChI=1S/C42H33FO9S2/c1-23-16-26(10-15-33(23)43)40(48)36-18-27(20-37(44)45)42(54-36)32-14-13-31(51-4)22-34(32)52-38(46)21-28-19-35(39(47)25-6-5-7-30(17-25)50-3)53-41(28)24-8-11-29(49-2)12-9-24/h5-19,22H,20-21H2,1-4H3,(H,44,45). The van der Waals surface area contributed by atoms with Crippen LogP contribution in [0.25, 0.3) is 20.9 Å². The van der Waals surface area contributed by atoms with Crippen molar-refractivity contribution in [2.75, 3.05) is 21.3 Å². The normalized spacial score (nSPS) is 10.8. The Bertz CT molecular complexity index is 2390. The van der Waals surface area contributed by atoms with Crippen molar-refractivity contribution in [3.8, 4) is 43.9 Å². The zero-order chi connectivity index (χ0) is 38.5. The van der Waals surface area contributed by atoms with Crippen LogP contribution in [0.2, 0.25) is 0 Å². The van der Waals surface area contributed by atoms with Crippen LogP contribution in [0, 0.1) is 12.7 Å². The van der Waals surface area contributed by atoms with Crippen molar-refractivity contribution in [2.24, 2.45) is 0 Å². The second kappa shape index (κ2) is 16.3. The number of aryl methyl sites for hydroxylation is 1. The van der Waals surface area contributed by atoms with Gasteiger partial charge in [0.15, 0.2) is 0 Å². The van der Waals surface area contributed by atoms with Crippen molar-refractivity contribution in [3.05, 3.63) is 140 Å². The molecule has 274 valence electrons. The van der Waals surface area contributed by atoms with Gasteiger partial charge in [-0.05, 0) is 108 Å². The number of carboxylic acids is 1. The van der Waals surface area contributed by atoms with Gasteiger partial charge in [-0.2, -0.15) is 0 Å². The molecule has 6 aromatic rings. The number of ether oxygens (including phenoxy) is 4. The number of benzene rings is 4. The quantitative estimate of drug-likeness (QED) is 0.0658. The molecule has 54 heavy (non-hydrogen) atoms. The summed E-state index contributed by atoms with van der Waals surface area (Å²) in [7, 11) is 4.54. The molecular weight excluding hydrogens is 732 g/mol. The number of carbonyl (C=O) groups excluding carboxylic acids is 3. The van der Waals surface area contributed by atoms with Crippen LogP contribution >= 0.6 is 22.7 Å². The lowest BCUT2D eigenvalue weighted by atomic mass is 10.0. The number of esters is 1. The lowest BCUT2D eigenvalue weighted by Crippen LogP contribution is -2.12. The summed E-state index contributed by atoms with van der Waals surface area (Å²) in [6.45, 7) is 1.55. The van der Waals surface area contributed by atoms with E-state index >= 15 is 0 Å². The van der Waals surface area contributed by atoms with E-state index in [2.05, 4.69) is 0 Å². The van der Waals surface area contributed by atoms with Gasteiger partial charge in [0.05, 0.1) is 43.9 Å². The molecule has 6 rings (SSSR count). The Balaban J connectivity index is 1.36. The third kappa shape index (κ3) is 8.25. The molecule has 0 radical (unpaired) electrons. The zero-order valence-corrected chi connectivity index (χ0v) is 31.2. The van der Waals surface area contributed by atoms with Crippen molar-refractivity contribution < 1.29 is 47.6 Å². The summed E-state index contributed by atoms with van der Waals surface area (Å²) in [4.78, 5) is 54.7. The molecule has 0 unspecified atom stereocenters. The molecule has 9 nitrogen and oxygen atoms in total. The van der Waals surface area contributed by atoms with Gasteiger partial charge in [0.25, 0.3) is 0 Å². The van der Waals surface area contributed by atoms with Crippen LogP contribution in [-0.2, 0) is 22.4 Å². The maximum atomic E-state index is 14.0. The van der Waals surface area contributed by atoms with E-state index in [1.807, 2.05) is 12.1 Å². The van der Waals surface area contributed by atoms with Crippen molar-refractivity contribution in [3.63, 3.8) is 0 Å². The molecule has 4 aromatic carbocycles. The number of thiophene rings is 2. The summed E-state index contributed by atoms with van der Waals surface area (Å²) in [6, 6.07) is 26.1. The Morgan fingerprint density at radius 1 is 0.648 bits per heavy atom. The number of ketones is 2. The van der Waals surface area contributed by atoms with Crippen molar-refractivity contribution in [1.29, 1.82) is 0 Å². The van der Waals surface area contributed by atoms with Crippen LogP contribution in [0.15, 0.2) is 97.1 Å². The van der Waals surface area contributed by atoms with Crippen LogP contribution < -0.4 is 18.9 Å². The molecule has 0 spiro atoms. The number of carboxylic acid groups (broad SMARTS) is 1. The van der Waals surface area contributed by atoms with Gasteiger partial charge in [0, 0.05) is 32.5 Å². The number of aliphatic carboxylic acids is 1. The van der Waals surface area contributed by atoms with E-state index in [1.165, 1.54) is 55.9 Å². The second-order valence-corrected chi connectivity index (χ2v) is 14.2. The second-order valence-electron chi connectivity index (χ2n) is 12.1. The highest BCUT2D eigenvalue weighted by molar-refractivity contribution is 7.18. The molecule has 2 aromatic heterocycles. The number of hydrogen-bond acceptors (Lipinski definition) is 10. The molecule has 0 aliphatic carbocycles. The van der Waals surface area contributed by atoms with Gasteiger partial charge in [0.2, 0.25) is 11.6 Å². The van der Waals surface area contributed by atoms with Gasteiger partial charge < -0.3 is 24.1 Å². The Kier molecular flexibility index (Phi) is 11.3. The predicted molar refractivity (Wildman–Crippen MR) is 204 cm³/mol. The monoisotopic (exact) mass is 764 g/mol. The first-order valence-corrected chi connectivity index (χ1v) is 18.1. The molecule has 0 atom stereocenters. The average molecular weight is 765 g/mol. The van der Waals surface area contributed by atoms with Gasteiger partial charge in [-0.15, -0.1) is 22.7 Å². The fourth-order valence-electron chi connectivity index (χ4n) is 5.77. The molecule has 0 fully saturated rings. The van der Waals surface area contributed by atoms with E-state index in [0.29, 0.717) is 59.7 Å². The van der Waals surface area contributed by atoms with Crippen LogP contribution in [0.4, 0.5) is 4.39 Å². The minimum absolute atomic E-state index is 0.0818. The minimum atomic E-state index is -1.12. The Hall–Kier alpha value is -6.11. The lowest BCUT2D eigenvalue weighted by Gasteiger charge is -2.13. The molecule has 0 aliphatic rings. The maximum Gasteiger partial charge on any atom is 0.315 e. The van der Waals surface area contributed by atoms with Gasteiger partial charge in [-0.1, -0.05) is 12.1 Å². The number of methoxy groups -OCH3 is 3. The van der Waals surface area contributed by atoms with E-state index in [0.717, 1.165) is 16.9 Å². The summed E-state index contributed by atoms with van der Waals surface area (Å²) < 4.78 is 36.0. The Labute approximate surface area is 318 Å². The molecule has 12 heteroatoms. The molecule has 0 saturated heterocycles. The smallest absolute Gasteiger partial charge is 0.315 e. The molecule has 0 amide bonds. The number of hydrogen-bond donors (Lipinski definition) is 1. The summed E-state index contributed by atoms with van der Waals surface area (Å²) in [5.74, 6) is -1.26. The first-order valence-electron chi connectivity index (χ1n) is 16.5. The van der Waals surface area contributed by atoms with E-state index < -0.39 is 30.0 Å². The predicted octanol–water partition coefficient (Wildman–Crippen LogP) is 8.85. The molecular formula is C42H33FO9S2. The minimum Gasteiger partial charge on any atom is -0.497 e. The summed E-state index contributed by atoms with van der Waals surface area (Å²) >= 11 is 2.29. The number of halogens is 1. The Morgan fingerprint density at radius 3 is 1.87 bits per heavy atom. The lowest BCUT2D eigenvalue weighted by molar-refractivity contribution is -0.136. The van der Waals surface area contributed by atoms with E-state index in [1.54, 1.807) is 68.6 Å². The summed E-state index contributed by atoms with van der Waals surface area (Å²) in [6.07, 6.45) is -0.634. The van der Waals surface area contributed by atoms with Crippen molar-refractivity contribution in [2.45, 2.75) is 19.8 Å². The summed E-state index contributed by atoms with van der Waals surface area (Å²) in [5, 5.41) is 9.76. The average Bonchev–Trinajstić information content (AvgIpc) is 3.79. The maximum absolute atomic E-state index is 14.0. The largest absolute Gasteiger partial charge is 0.497 e. The Morgan fingerprint density at radius 2 is 1.24 bits per heavy atom. The molecule has 1 N–H and O–H groups in total. The highest BCUT2D eigenvalue weighted by Crippen LogP contribution is 2.42. The SMILES string of the molecule is COc1ccc(-c2sc(C(=O)c3cccc(OC)c3)cc2CC(=O)Oc2cc(OC)ccc2-c2sc(C(=O)c3ccc(F)c(C)c3)cc2CC(=O)O)cc1. The van der Waals surface area contributed by atoms with Crippen molar-refractivity contribution in [1.82, 2.24) is 0 Å². The van der Waals surface area contributed by atoms with E-state index in [4.69, 9.17) is 18.9 Å². The molecule has 2 heterocycles. The van der Waals surface area contributed by atoms with Gasteiger partial charge in [-0.25, -0.2) is 4.39 Å².